The lowest BCUT2D eigenvalue weighted by molar-refractivity contribution is 0.104. The van der Waals surface area contributed by atoms with Gasteiger partial charge in [0, 0.05) is 28.9 Å². The average molecular weight is 219 g/mol. The second-order valence-electron chi connectivity index (χ2n) is 3.77. The van der Waals surface area contributed by atoms with Crippen molar-refractivity contribution in [1.82, 2.24) is 0 Å². The van der Waals surface area contributed by atoms with Crippen LogP contribution in [-0.4, -0.2) is 35.0 Å². The Labute approximate surface area is 88.8 Å². The molecule has 4 heteroatoms. The normalized spacial score (nSPS) is 23.9. The van der Waals surface area contributed by atoms with Crippen molar-refractivity contribution in [2.75, 3.05) is 24.7 Å². The van der Waals surface area contributed by atoms with Crippen LogP contribution in [0.3, 0.4) is 0 Å². The van der Waals surface area contributed by atoms with E-state index in [0.29, 0.717) is 12.6 Å². The molecule has 3 nitrogen and oxygen atoms in total. The maximum Gasteiger partial charge on any atom is 0.0576 e. The van der Waals surface area contributed by atoms with Gasteiger partial charge in [0.25, 0.3) is 0 Å². The molecule has 14 heavy (non-hydrogen) atoms. The van der Waals surface area contributed by atoms with Crippen LogP contribution in [0.2, 0.25) is 0 Å². The molecule has 2 unspecified atom stereocenters. The van der Waals surface area contributed by atoms with Crippen molar-refractivity contribution >= 4 is 10.8 Å². The minimum absolute atomic E-state index is 0.446. The Balaban J connectivity index is 1.94. The SMILES string of the molecule is NCCCS(=O)CCCC1CCCO1. The zero-order valence-electron chi connectivity index (χ0n) is 8.74. The van der Waals surface area contributed by atoms with Crippen molar-refractivity contribution in [2.45, 2.75) is 38.2 Å². The highest BCUT2D eigenvalue weighted by molar-refractivity contribution is 7.84. The average Bonchev–Trinajstić information content (AvgIpc) is 2.67. The van der Waals surface area contributed by atoms with Gasteiger partial charge in [-0.3, -0.25) is 4.21 Å². The fraction of sp³-hybridized carbons (Fsp3) is 1.00. The van der Waals surface area contributed by atoms with Gasteiger partial charge in [0.2, 0.25) is 0 Å². The van der Waals surface area contributed by atoms with Gasteiger partial charge in [0.05, 0.1) is 6.10 Å². The first-order valence-electron chi connectivity index (χ1n) is 5.49. The second kappa shape index (κ2) is 7.37. The molecule has 2 N–H and O–H groups in total. The first kappa shape index (κ1) is 12.1. The van der Waals surface area contributed by atoms with E-state index in [-0.39, 0.29) is 0 Å². The molecular weight excluding hydrogens is 198 g/mol. The Bertz CT molecular complexity index is 170. The maximum absolute atomic E-state index is 11.4. The van der Waals surface area contributed by atoms with Crippen LogP contribution in [-0.2, 0) is 15.5 Å². The summed E-state index contributed by atoms with van der Waals surface area (Å²) < 4.78 is 16.9. The molecule has 0 radical (unpaired) electrons. The summed E-state index contributed by atoms with van der Waals surface area (Å²) in [6.45, 7) is 1.57. The van der Waals surface area contributed by atoms with Crippen molar-refractivity contribution in [3.05, 3.63) is 0 Å². The van der Waals surface area contributed by atoms with Crippen LogP contribution in [0.5, 0.6) is 0 Å². The number of ether oxygens (including phenoxy) is 1. The summed E-state index contributed by atoms with van der Waals surface area (Å²) in [5.74, 6) is 1.59. The molecule has 84 valence electrons. The van der Waals surface area contributed by atoms with Crippen molar-refractivity contribution in [1.29, 1.82) is 0 Å². The van der Waals surface area contributed by atoms with Crippen molar-refractivity contribution < 1.29 is 8.95 Å². The number of nitrogens with two attached hydrogens (primary N) is 1. The third kappa shape index (κ3) is 5.08. The fourth-order valence-corrected chi connectivity index (χ4v) is 2.87. The van der Waals surface area contributed by atoms with E-state index in [2.05, 4.69) is 0 Å². The standard InChI is InChI=1S/C10H21NO2S/c11-6-3-9-14(12)8-2-5-10-4-1-7-13-10/h10H,1-9,11H2. The van der Waals surface area contributed by atoms with E-state index in [1.54, 1.807) is 0 Å². The molecule has 0 bridgehead atoms. The Hall–Kier alpha value is 0.0700. The zero-order chi connectivity index (χ0) is 10.2. The zero-order valence-corrected chi connectivity index (χ0v) is 9.56. The molecule has 0 amide bonds. The number of rotatable bonds is 7. The minimum atomic E-state index is -0.655. The van der Waals surface area contributed by atoms with E-state index in [1.807, 2.05) is 0 Å². The molecule has 0 aromatic heterocycles. The summed E-state index contributed by atoms with van der Waals surface area (Å²) in [6, 6.07) is 0. The summed E-state index contributed by atoms with van der Waals surface area (Å²) in [5.41, 5.74) is 5.35. The van der Waals surface area contributed by atoms with Crippen LogP contribution >= 0.6 is 0 Å². The fourth-order valence-electron chi connectivity index (χ4n) is 1.69. The molecule has 1 heterocycles. The minimum Gasteiger partial charge on any atom is -0.378 e. The van der Waals surface area contributed by atoms with E-state index in [4.69, 9.17) is 10.5 Å². The highest BCUT2D eigenvalue weighted by Gasteiger charge is 2.14. The van der Waals surface area contributed by atoms with Crippen LogP contribution in [0.15, 0.2) is 0 Å². The third-order valence-electron chi connectivity index (χ3n) is 2.50. The Kier molecular flexibility index (Phi) is 6.39. The summed E-state index contributed by atoms with van der Waals surface area (Å²) >= 11 is 0. The molecule has 0 aliphatic carbocycles. The number of hydrogen-bond donors (Lipinski definition) is 1. The van der Waals surface area contributed by atoms with Gasteiger partial charge in [-0.15, -0.1) is 0 Å². The van der Waals surface area contributed by atoms with Crippen LogP contribution in [0, 0.1) is 0 Å². The predicted molar refractivity (Wildman–Crippen MR) is 59.8 cm³/mol. The lowest BCUT2D eigenvalue weighted by Crippen LogP contribution is -2.11. The van der Waals surface area contributed by atoms with Gasteiger partial charge in [-0.2, -0.15) is 0 Å². The van der Waals surface area contributed by atoms with Crippen molar-refractivity contribution in [3.63, 3.8) is 0 Å². The molecule has 1 rings (SSSR count). The van der Waals surface area contributed by atoms with Gasteiger partial charge in [0.1, 0.15) is 0 Å². The molecule has 1 aliphatic heterocycles. The van der Waals surface area contributed by atoms with Crippen molar-refractivity contribution in [3.8, 4) is 0 Å². The monoisotopic (exact) mass is 219 g/mol. The molecular formula is C10H21NO2S. The molecule has 1 fully saturated rings. The van der Waals surface area contributed by atoms with Gasteiger partial charge >= 0.3 is 0 Å². The Morgan fingerprint density at radius 1 is 1.36 bits per heavy atom. The van der Waals surface area contributed by atoms with Gasteiger partial charge in [-0.05, 0) is 38.6 Å². The topological polar surface area (TPSA) is 52.3 Å². The van der Waals surface area contributed by atoms with E-state index < -0.39 is 10.8 Å². The molecule has 1 saturated heterocycles. The van der Waals surface area contributed by atoms with E-state index in [9.17, 15) is 4.21 Å². The lowest BCUT2D eigenvalue weighted by Gasteiger charge is -2.08. The molecule has 1 aliphatic rings. The molecule has 0 aromatic rings. The molecule has 2 atom stereocenters. The molecule has 0 spiro atoms. The molecule has 0 saturated carbocycles. The highest BCUT2D eigenvalue weighted by atomic mass is 32.2. The van der Waals surface area contributed by atoms with Crippen LogP contribution in [0.1, 0.15) is 32.1 Å². The van der Waals surface area contributed by atoms with Gasteiger partial charge in [-0.25, -0.2) is 0 Å². The second-order valence-corrected chi connectivity index (χ2v) is 5.46. The third-order valence-corrected chi connectivity index (χ3v) is 3.99. The van der Waals surface area contributed by atoms with E-state index in [1.165, 1.54) is 12.8 Å². The van der Waals surface area contributed by atoms with Crippen LogP contribution < -0.4 is 5.73 Å². The first-order valence-corrected chi connectivity index (χ1v) is 6.98. The van der Waals surface area contributed by atoms with Gasteiger partial charge in [-0.1, -0.05) is 0 Å². The predicted octanol–water partition coefficient (Wildman–Crippen LogP) is 1.04. The first-order chi connectivity index (χ1) is 6.83. The Morgan fingerprint density at radius 3 is 2.79 bits per heavy atom. The number of hydrogen-bond acceptors (Lipinski definition) is 3. The van der Waals surface area contributed by atoms with Gasteiger partial charge in [0.15, 0.2) is 0 Å². The van der Waals surface area contributed by atoms with Crippen LogP contribution in [0.4, 0.5) is 0 Å². The summed E-state index contributed by atoms with van der Waals surface area (Å²) in [4.78, 5) is 0. The quantitative estimate of drug-likeness (QED) is 0.696. The summed E-state index contributed by atoms with van der Waals surface area (Å²) in [6.07, 6.45) is 5.82. The van der Waals surface area contributed by atoms with E-state index in [0.717, 1.165) is 37.4 Å². The van der Waals surface area contributed by atoms with Gasteiger partial charge < -0.3 is 10.5 Å². The lowest BCUT2D eigenvalue weighted by atomic mass is 10.1. The van der Waals surface area contributed by atoms with Crippen molar-refractivity contribution in [2.24, 2.45) is 5.73 Å². The summed E-state index contributed by atoms with van der Waals surface area (Å²) in [5, 5.41) is 0. The largest absolute Gasteiger partial charge is 0.378 e. The van der Waals surface area contributed by atoms with Crippen LogP contribution in [0.25, 0.3) is 0 Å². The highest BCUT2D eigenvalue weighted by Crippen LogP contribution is 2.16. The smallest absolute Gasteiger partial charge is 0.0576 e. The summed E-state index contributed by atoms with van der Waals surface area (Å²) in [7, 11) is -0.655. The van der Waals surface area contributed by atoms with E-state index >= 15 is 0 Å². The Morgan fingerprint density at radius 2 is 2.14 bits per heavy atom. The molecule has 0 aromatic carbocycles. The maximum atomic E-state index is 11.4.